The minimum atomic E-state index is -1.54. The van der Waals surface area contributed by atoms with Gasteiger partial charge in [-0.3, -0.25) is 9.59 Å². The van der Waals surface area contributed by atoms with Gasteiger partial charge >= 0.3 is 11.8 Å². The molecule has 6 heteroatoms. The van der Waals surface area contributed by atoms with Crippen molar-refractivity contribution in [1.82, 2.24) is 0 Å². The summed E-state index contributed by atoms with van der Waals surface area (Å²) in [6.45, 7) is 0. The molecule has 6 nitrogen and oxygen atoms in total. The summed E-state index contributed by atoms with van der Waals surface area (Å²) in [5.41, 5.74) is 0. The Hall–Kier alpha value is -1.40. The van der Waals surface area contributed by atoms with Gasteiger partial charge in [-0.15, -0.1) is 0 Å². The van der Waals surface area contributed by atoms with Crippen LogP contribution in [0.4, 0.5) is 0 Å². The van der Waals surface area contributed by atoms with E-state index in [-0.39, 0.29) is 25.7 Å². The Labute approximate surface area is 86.0 Å². The molecule has 80 valence electrons. The van der Waals surface area contributed by atoms with Crippen molar-refractivity contribution in [2.45, 2.75) is 31.7 Å². The number of hydrogen-bond donors (Lipinski definition) is 1. The van der Waals surface area contributed by atoms with Crippen LogP contribution in [0.1, 0.15) is 25.7 Å². The second-order valence-electron chi connectivity index (χ2n) is 3.29. The zero-order valence-corrected chi connectivity index (χ0v) is 7.93. The quantitative estimate of drug-likeness (QED) is 0.373. The van der Waals surface area contributed by atoms with E-state index in [1.54, 1.807) is 0 Å². The number of hydrogen-bond acceptors (Lipinski definition) is 5. The highest BCUT2D eigenvalue weighted by Crippen LogP contribution is 2.25. The van der Waals surface area contributed by atoms with Crippen LogP contribution in [0, 0.1) is 0 Å². The molecule has 1 atom stereocenters. The maximum atomic E-state index is 11.3. The molecule has 0 saturated carbocycles. The van der Waals surface area contributed by atoms with Gasteiger partial charge in [0.2, 0.25) is 6.04 Å². The van der Waals surface area contributed by atoms with Crippen LogP contribution in [0.3, 0.4) is 0 Å². The smallest absolute Gasteiger partial charge is 0.291 e. The topological polar surface area (TPSA) is 88.5 Å². The minimum absolute atomic E-state index is 0.0850. The first-order valence-electron chi connectivity index (χ1n) is 4.48. The molecule has 15 heavy (non-hydrogen) atoms. The van der Waals surface area contributed by atoms with Crippen molar-refractivity contribution in [2.24, 2.45) is 0 Å². The van der Waals surface area contributed by atoms with Gasteiger partial charge in [-0.2, -0.15) is 0 Å². The predicted molar refractivity (Wildman–Crippen MR) is 45.7 cm³/mol. The van der Waals surface area contributed by atoms with E-state index in [9.17, 15) is 24.4 Å². The highest BCUT2D eigenvalue weighted by Gasteiger charge is 2.55. The van der Waals surface area contributed by atoms with Crippen molar-refractivity contribution in [3.8, 4) is 0 Å². The molecule has 0 aliphatic carbocycles. The van der Waals surface area contributed by atoms with E-state index >= 15 is 0 Å². The number of carbonyl (C=O) groups excluding carboxylic acids is 4. The average molecular weight is 212 g/mol. The van der Waals surface area contributed by atoms with Crippen LogP contribution in [0.25, 0.3) is 0 Å². The standard InChI is InChI=1S/C9H10NO5/c11-5-1-2-7(6-12)10(15)8(13)3-4-9(10)14/h7,15H,1-4H2/q+1. The number of amides is 2. The molecule has 0 aromatic rings. The third-order valence-electron chi connectivity index (χ3n) is 2.42. The molecule has 1 rings (SSSR count). The van der Waals surface area contributed by atoms with E-state index < -0.39 is 22.5 Å². The van der Waals surface area contributed by atoms with Crippen molar-refractivity contribution < 1.29 is 29.0 Å². The van der Waals surface area contributed by atoms with Crippen LogP contribution < -0.4 is 0 Å². The van der Waals surface area contributed by atoms with Crippen molar-refractivity contribution >= 4 is 24.4 Å². The monoisotopic (exact) mass is 212 g/mol. The lowest BCUT2D eigenvalue weighted by molar-refractivity contribution is -0.983. The van der Waals surface area contributed by atoms with Gasteiger partial charge in [0.15, 0.2) is 6.29 Å². The first kappa shape index (κ1) is 11.7. The third kappa shape index (κ3) is 1.86. The molecule has 2 amide bonds. The molecule has 0 aromatic carbocycles. The molecule has 1 saturated heterocycles. The van der Waals surface area contributed by atoms with Gasteiger partial charge in [0.25, 0.3) is 6.29 Å². The number of likely N-dealkylation sites (tertiary alicyclic amines) is 1. The number of hydroxylamine groups is 3. The molecule has 1 N–H and O–H groups in total. The van der Waals surface area contributed by atoms with Crippen molar-refractivity contribution in [3.05, 3.63) is 0 Å². The van der Waals surface area contributed by atoms with E-state index in [1.165, 1.54) is 12.6 Å². The van der Waals surface area contributed by atoms with E-state index in [0.29, 0.717) is 0 Å². The molecule has 1 fully saturated rings. The first-order valence-corrected chi connectivity index (χ1v) is 4.48. The Morgan fingerprint density at radius 2 is 1.80 bits per heavy atom. The predicted octanol–water partition coefficient (Wildman–Crippen LogP) is -0.592. The van der Waals surface area contributed by atoms with E-state index in [4.69, 9.17) is 0 Å². The van der Waals surface area contributed by atoms with Gasteiger partial charge < -0.3 is 0 Å². The SMILES string of the molecule is O=[C]CCC([C]=O)[N+]1(O)C(=O)CCC1=O. The molecular formula is C9H10NO5+. The van der Waals surface area contributed by atoms with E-state index in [2.05, 4.69) is 0 Å². The number of imide groups is 1. The fourth-order valence-electron chi connectivity index (χ4n) is 1.56. The van der Waals surface area contributed by atoms with Crippen LogP contribution in [0.2, 0.25) is 0 Å². The lowest BCUT2D eigenvalue weighted by atomic mass is 10.1. The van der Waals surface area contributed by atoms with Crippen molar-refractivity contribution in [1.29, 1.82) is 0 Å². The number of carbonyl (C=O) groups is 2. The van der Waals surface area contributed by atoms with Crippen molar-refractivity contribution in [3.63, 3.8) is 0 Å². The van der Waals surface area contributed by atoms with Crippen LogP contribution in [-0.2, 0) is 19.2 Å². The van der Waals surface area contributed by atoms with Crippen LogP contribution in [-0.4, -0.2) is 40.3 Å². The van der Waals surface area contributed by atoms with E-state index in [1.807, 2.05) is 0 Å². The Morgan fingerprint density at radius 3 is 2.20 bits per heavy atom. The molecule has 1 heterocycles. The normalized spacial score (nSPS) is 21.4. The second kappa shape index (κ2) is 4.41. The summed E-state index contributed by atoms with van der Waals surface area (Å²) in [6.07, 6.45) is 2.56. The molecule has 1 aliphatic rings. The fourth-order valence-corrected chi connectivity index (χ4v) is 1.56. The zero-order chi connectivity index (χ0) is 11.5. The highest BCUT2D eigenvalue weighted by molar-refractivity contribution is 5.92. The number of quaternary nitrogens is 1. The second-order valence-corrected chi connectivity index (χ2v) is 3.29. The summed E-state index contributed by atoms with van der Waals surface area (Å²) in [5.74, 6) is -1.45. The number of nitrogens with zero attached hydrogens (tertiary/aromatic N) is 1. The molecule has 0 spiro atoms. The molecule has 0 bridgehead atoms. The summed E-state index contributed by atoms with van der Waals surface area (Å²) in [5, 5.41) is 9.76. The summed E-state index contributed by atoms with van der Waals surface area (Å²) in [4.78, 5) is 43.1. The molecule has 2 radical (unpaired) electrons. The van der Waals surface area contributed by atoms with Gasteiger partial charge in [0.05, 0.1) is 12.8 Å². The summed E-state index contributed by atoms with van der Waals surface area (Å²) >= 11 is 0. The Kier molecular flexibility index (Phi) is 3.43. The van der Waals surface area contributed by atoms with E-state index in [0.717, 1.165) is 0 Å². The van der Waals surface area contributed by atoms with Crippen LogP contribution in [0.5, 0.6) is 0 Å². The Morgan fingerprint density at radius 1 is 1.27 bits per heavy atom. The van der Waals surface area contributed by atoms with Crippen LogP contribution >= 0.6 is 0 Å². The first-order chi connectivity index (χ1) is 7.07. The molecule has 0 aromatic heterocycles. The molecule has 1 aliphatic heterocycles. The maximum Gasteiger partial charge on any atom is 0.354 e. The summed E-state index contributed by atoms with van der Waals surface area (Å²) in [7, 11) is 0. The largest absolute Gasteiger partial charge is 0.354 e. The van der Waals surface area contributed by atoms with Crippen LogP contribution in [0.15, 0.2) is 0 Å². The lowest BCUT2D eigenvalue weighted by Gasteiger charge is -2.23. The Bertz CT molecular complexity index is 296. The summed E-state index contributed by atoms with van der Waals surface area (Å²) < 4.78 is -1.54. The Balaban J connectivity index is 2.89. The zero-order valence-electron chi connectivity index (χ0n) is 7.93. The van der Waals surface area contributed by atoms with Gasteiger partial charge in [-0.1, -0.05) is 0 Å². The average Bonchev–Trinajstić information content (AvgIpc) is 2.48. The lowest BCUT2D eigenvalue weighted by Crippen LogP contribution is -2.57. The van der Waals surface area contributed by atoms with Gasteiger partial charge in [-0.25, -0.2) is 14.8 Å². The third-order valence-corrected chi connectivity index (χ3v) is 2.42. The fraction of sp³-hybridized carbons (Fsp3) is 0.556. The highest BCUT2D eigenvalue weighted by atomic mass is 16.6. The van der Waals surface area contributed by atoms with Gasteiger partial charge in [-0.05, 0) is 4.65 Å². The van der Waals surface area contributed by atoms with Crippen molar-refractivity contribution in [2.75, 3.05) is 0 Å². The van der Waals surface area contributed by atoms with Gasteiger partial charge in [0.1, 0.15) is 0 Å². The number of rotatable bonds is 5. The minimum Gasteiger partial charge on any atom is -0.291 e. The molecule has 1 unspecified atom stereocenters. The van der Waals surface area contributed by atoms with Gasteiger partial charge in [0, 0.05) is 12.8 Å². The maximum absolute atomic E-state index is 11.3. The molecular weight excluding hydrogens is 202 g/mol. The summed E-state index contributed by atoms with van der Waals surface area (Å²) in [6, 6.07) is -1.31.